The molecule has 0 aromatic carbocycles. The van der Waals surface area contributed by atoms with Gasteiger partial charge in [0.2, 0.25) is 0 Å². The predicted molar refractivity (Wildman–Crippen MR) is 90.6 cm³/mol. The number of nitrogens with one attached hydrogen (secondary N) is 1. The molecule has 3 N–H and O–H groups in total. The Bertz CT molecular complexity index is 237. The van der Waals surface area contributed by atoms with Crippen LogP contribution in [0.2, 0.25) is 0 Å². The molecule has 0 aromatic rings. The first-order valence-corrected chi connectivity index (χ1v) is 7.19. The van der Waals surface area contributed by atoms with Gasteiger partial charge in [0.15, 0.2) is 5.96 Å². The van der Waals surface area contributed by atoms with E-state index in [1.54, 1.807) is 0 Å². The van der Waals surface area contributed by atoms with Crippen molar-refractivity contribution in [3.8, 4) is 0 Å². The highest BCUT2D eigenvalue weighted by molar-refractivity contribution is 14.0. The number of rotatable bonds is 7. The van der Waals surface area contributed by atoms with E-state index in [0.29, 0.717) is 11.4 Å². The Morgan fingerprint density at radius 3 is 2.17 bits per heavy atom. The Kier molecular flexibility index (Phi) is 8.99. The van der Waals surface area contributed by atoms with Gasteiger partial charge < -0.3 is 11.1 Å². The van der Waals surface area contributed by atoms with E-state index < -0.39 is 0 Å². The fourth-order valence-corrected chi connectivity index (χ4v) is 2.34. The lowest BCUT2D eigenvalue weighted by atomic mass is 9.80. The van der Waals surface area contributed by atoms with Crippen LogP contribution in [0, 0.1) is 11.3 Å². The summed E-state index contributed by atoms with van der Waals surface area (Å²) in [6.07, 6.45) is 7.62. The number of halogens is 1. The summed E-state index contributed by atoms with van der Waals surface area (Å²) in [7, 11) is 0. The molecule has 0 unspecified atom stereocenters. The second-order valence-electron chi connectivity index (χ2n) is 5.44. The third kappa shape index (κ3) is 5.33. The Morgan fingerprint density at radius 1 is 1.22 bits per heavy atom. The molecule has 0 spiro atoms. The molecule has 1 rings (SSSR count). The third-order valence-electron chi connectivity index (χ3n) is 4.63. The Labute approximate surface area is 129 Å². The first-order chi connectivity index (χ1) is 8.15. The molecule has 0 amide bonds. The molecule has 18 heavy (non-hydrogen) atoms. The van der Waals surface area contributed by atoms with E-state index in [-0.39, 0.29) is 24.0 Å². The monoisotopic (exact) mass is 367 g/mol. The van der Waals surface area contributed by atoms with Crippen LogP contribution in [0.4, 0.5) is 0 Å². The van der Waals surface area contributed by atoms with Gasteiger partial charge in [-0.15, -0.1) is 24.0 Å². The topological polar surface area (TPSA) is 50.4 Å². The highest BCUT2D eigenvalue weighted by Gasteiger charge is 2.23. The molecule has 1 aliphatic carbocycles. The van der Waals surface area contributed by atoms with Crippen molar-refractivity contribution in [2.24, 2.45) is 22.1 Å². The fourth-order valence-electron chi connectivity index (χ4n) is 2.34. The average molecular weight is 367 g/mol. The molecule has 1 saturated carbocycles. The zero-order chi connectivity index (χ0) is 12.7. The van der Waals surface area contributed by atoms with Gasteiger partial charge in [-0.2, -0.15) is 0 Å². The van der Waals surface area contributed by atoms with Gasteiger partial charge >= 0.3 is 0 Å². The molecule has 0 radical (unpaired) electrons. The SMILES string of the molecule is CCC(CC)(CC)CN=C(N)NCC1CCC1.I. The van der Waals surface area contributed by atoms with Crippen molar-refractivity contribution in [3.63, 3.8) is 0 Å². The molecule has 1 aliphatic rings. The average Bonchev–Trinajstić information content (AvgIpc) is 2.30. The summed E-state index contributed by atoms with van der Waals surface area (Å²) >= 11 is 0. The Balaban J connectivity index is 0.00000289. The van der Waals surface area contributed by atoms with Gasteiger partial charge in [-0.05, 0) is 43.4 Å². The molecule has 0 aromatic heterocycles. The lowest BCUT2D eigenvalue weighted by Gasteiger charge is -2.29. The summed E-state index contributed by atoms with van der Waals surface area (Å²) in [6.45, 7) is 8.62. The summed E-state index contributed by atoms with van der Waals surface area (Å²) in [4.78, 5) is 4.52. The highest BCUT2D eigenvalue weighted by atomic mass is 127. The van der Waals surface area contributed by atoms with Crippen molar-refractivity contribution >= 4 is 29.9 Å². The van der Waals surface area contributed by atoms with Gasteiger partial charge in [0, 0.05) is 13.1 Å². The van der Waals surface area contributed by atoms with Gasteiger partial charge in [-0.25, -0.2) is 0 Å². The molecule has 0 atom stereocenters. The minimum atomic E-state index is 0. The molecular weight excluding hydrogens is 337 g/mol. The predicted octanol–water partition coefficient (Wildman–Crippen LogP) is 3.53. The number of aliphatic imine (C=N–C) groups is 1. The molecule has 108 valence electrons. The van der Waals surface area contributed by atoms with Crippen molar-refractivity contribution in [2.75, 3.05) is 13.1 Å². The molecule has 0 saturated heterocycles. The van der Waals surface area contributed by atoms with Crippen molar-refractivity contribution in [1.82, 2.24) is 5.32 Å². The standard InChI is InChI=1S/C14H29N3.HI/c1-4-14(5-2,6-3)11-17-13(15)16-10-12-8-7-9-12;/h12H,4-11H2,1-3H3,(H3,15,16,17);1H. The number of hydrogen-bond donors (Lipinski definition) is 2. The number of guanidine groups is 1. The van der Waals surface area contributed by atoms with Crippen molar-refractivity contribution < 1.29 is 0 Å². The minimum Gasteiger partial charge on any atom is -0.370 e. The molecule has 0 heterocycles. The summed E-state index contributed by atoms with van der Waals surface area (Å²) in [6, 6.07) is 0. The van der Waals surface area contributed by atoms with Crippen molar-refractivity contribution in [3.05, 3.63) is 0 Å². The highest BCUT2D eigenvalue weighted by Crippen LogP contribution is 2.30. The Morgan fingerprint density at radius 2 is 1.78 bits per heavy atom. The smallest absolute Gasteiger partial charge is 0.188 e. The maximum atomic E-state index is 5.91. The minimum absolute atomic E-state index is 0. The number of nitrogens with two attached hydrogens (primary N) is 1. The zero-order valence-electron chi connectivity index (χ0n) is 12.2. The quantitative estimate of drug-likeness (QED) is 0.411. The molecule has 3 nitrogen and oxygen atoms in total. The van der Waals surface area contributed by atoms with Crippen molar-refractivity contribution in [2.45, 2.75) is 59.3 Å². The number of hydrogen-bond acceptors (Lipinski definition) is 1. The summed E-state index contributed by atoms with van der Waals surface area (Å²) < 4.78 is 0. The van der Waals surface area contributed by atoms with Gasteiger partial charge in [0.1, 0.15) is 0 Å². The van der Waals surface area contributed by atoms with Crippen LogP contribution in [0.1, 0.15) is 59.3 Å². The van der Waals surface area contributed by atoms with Crippen LogP contribution in [0.25, 0.3) is 0 Å². The summed E-state index contributed by atoms with van der Waals surface area (Å²) in [5, 5.41) is 3.26. The largest absolute Gasteiger partial charge is 0.370 e. The van der Waals surface area contributed by atoms with Gasteiger partial charge in [-0.1, -0.05) is 27.2 Å². The first kappa shape index (κ1) is 18.0. The van der Waals surface area contributed by atoms with Crippen LogP contribution in [0.15, 0.2) is 4.99 Å². The molecular formula is C14H30IN3. The van der Waals surface area contributed by atoms with Crippen LogP contribution in [0.3, 0.4) is 0 Å². The van der Waals surface area contributed by atoms with Gasteiger partial charge in [-0.3, -0.25) is 4.99 Å². The molecule has 0 bridgehead atoms. The van der Waals surface area contributed by atoms with E-state index in [0.717, 1.165) is 19.0 Å². The van der Waals surface area contributed by atoms with E-state index in [9.17, 15) is 0 Å². The summed E-state index contributed by atoms with van der Waals surface area (Å²) in [5.74, 6) is 1.47. The lowest BCUT2D eigenvalue weighted by molar-refractivity contribution is 0.262. The van der Waals surface area contributed by atoms with E-state index in [1.165, 1.54) is 38.5 Å². The van der Waals surface area contributed by atoms with Crippen LogP contribution in [0.5, 0.6) is 0 Å². The number of nitrogens with zero attached hydrogens (tertiary/aromatic N) is 1. The van der Waals surface area contributed by atoms with Crippen LogP contribution >= 0.6 is 24.0 Å². The normalized spacial score (nSPS) is 16.9. The first-order valence-electron chi connectivity index (χ1n) is 7.19. The second kappa shape index (κ2) is 8.99. The van der Waals surface area contributed by atoms with Gasteiger partial charge in [0.05, 0.1) is 0 Å². The van der Waals surface area contributed by atoms with E-state index >= 15 is 0 Å². The Hall–Kier alpha value is 0. The maximum absolute atomic E-state index is 5.91. The zero-order valence-corrected chi connectivity index (χ0v) is 14.5. The van der Waals surface area contributed by atoms with Crippen LogP contribution < -0.4 is 11.1 Å². The second-order valence-corrected chi connectivity index (χ2v) is 5.44. The summed E-state index contributed by atoms with van der Waals surface area (Å²) in [5.41, 5.74) is 6.26. The van der Waals surface area contributed by atoms with E-state index in [4.69, 9.17) is 5.73 Å². The third-order valence-corrected chi connectivity index (χ3v) is 4.63. The molecule has 4 heteroatoms. The van der Waals surface area contributed by atoms with E-state index in [2.05, 4.69) is 31.1 Å². The lowest BCUT2D eigenvalue weighted by Crippen LogP contribution is -2.38. The van der Waals surface area contributed by atoms with Crippen molar-refractivity contribution in [1.29, 1.82) is 0 Å². The fraction of sp³-hybridized carbons (Fsp3) is 0.929. The maximum Gasteiger partial charge on any atom is 0.188 e. The van der Waals surface area contributed by atoms with Crippen LogP contribution in [-0.2, 0) is 0 Å². The van der Waals surface area contributed by atoms with Crippen LogP contribution in [-0.4, -0.2) is 19.0 Å². The van der Waals surface area contributed by atoms with E-state index in [1.807, 2.05) is 0 Å². The molecule has 1 fully saturated rings. The molecule has 0 aliphatic heterocycles. The van der Waals surface area contributed by atoms with Gasteiger partial charge in [0.25, 0.3) is 0 Å².